The minimum absolute atomic E-state index is 0.311. The summed E-state index contributed by atoms with van der Waals surface area (Å²) < 4.78 is 6.07. The normalized spacial score (nSPS) is 10.7. The largest absolute Gasteiger partial charge is 0.333 e. The fraction of sp³-hybridized carbons (Fsp3) is 0.300. The Morgan fingerprint density at radius 2 is 1.88 bits per heavy atom. The topological polar surface area (TPSA) is 52.8 Å². The quantitative estimate of drug-likeness (QED) is 0.562. The van der Waals surface area contributed by atoms with Crippen LogP contribution in [0.3, 0.4) is 0 Å². The molecule has 0 atom stereocenters. The van der Waals surface area contributed by atoms with E-state index in [1.54, 1.807) is 24.1 Å². The van der Waals surface area contributed by atoms with Crippen LogP contribution in [0.25, 0.3) is 5.82 Å². The molecule has 84 valence electrons. The molecular weight excluding hydrogens is 208 g/mol. The van der Waals surface area contributed by atoms with Crippen molar-refractivity contribution in [3.05, 3.63) is 45.6 Å². The van der Waals surface area contributed by atoms with E-state index in [1.165, 1.54) is 17.7 Å². The van der Waals surface area contributed by atoms with Crippen molar-refractivity contribution in [2.24, 2.45) is 21.1 Å². The van der Waals surface area contributed by atoms with Crippen LogP contribution in [0.15, 0.2) is 34.4 Å². The summed E-state index contributed by atoms with van der Waals surface area (Å²) >= 11 is 0. The summed E-state index contributed by atoms with van der Waals surface area (Å²) in [6.07, 6.45) is 5.41. The van der Waals surface area contributed by atoms with Crippen LogP contribution in [0.1, 0.15) is 0 Å². The van der Waals surface area contributed by atoms with Gasteiger partial charge in [-0.25, -0.2) is 9.36 Å². The minimum Gasteiger partial charge on any atom is -0.269 e. The maximum Gasteiger partial charge on any atom is 0.333 e. The lowest BCUT2D eigenvalue weighted by molar-refractivity contribution is -0.670. The SMILES string of the molecule is Cn1c(-n2cc[n+](C)c2)cc(=O)n(C)c1=O. The van der Waals surface area contributed by atoms with Crippen molar-refractivity contribution < 1.29 is 4.57 Å². The van der Waals surface area contributed by atoms with Gasteiger partial charge in [0, 0.05) is 14.1 Å². The third kappa shape index (κ3) is 1.48. The van der Waals surface area contributed by atoms with E-state index in [2.05, 4.69) is 0 Å². The van der Waals surface area contributed by atoms with Gasteiger partial charge in [-0.05, 0) is 0 Å². The Morgan fingerprint density at radius 3 is 2.44 bits per heavy atom. The smallest absolute Gasteiger partial charge is 0.269 e. The first-order chi connectivity index (χ1) is 7.50. The predicted molar refractivity (Wildman–Crippen MR) is 57.4 cm³/mol. The molecule has 2 aromatic rings. The standard InChI is InChI=1S/C10H13N4O2/c1-11-4-5-14(7-11)8-6-9(15)13(3)10(16)12(8)2/h4-7H,1-3H3/q+1. The fourth-order valence-corrected chi connectivity index (χ4v) is 1.55. The Kier molecular flexibility index (Phi) is 2.26. The van der Waals surface area contributed by atoms with E-state index >= 15 is 0 Å². The van der Waals surface area contributed by atoms with Crippen LogP contribution < -0.4 is 15.8 Å². The van der Waals surface area contributed by atoms with E-state index in [9.17, 15) is 9.59 Å². The van der Waals surface area contributed by atoms with Crippen molar-refractivity contribution in [2.75, 3.05) is 0 Å². The van der Waals surface area contributed by atoms with Crippen molar-refractivity contribution in [3.63, 3.8) is 0 Å². The third-order valence-corrected chi connectivity index (χ3v) is 2.53. The summed E-state index contributed by atoms with van der Waals surface area (Å²) in [5, 5.41) is 0. The zero-order valence-electron chi connectivity index (χ0n) is 9.41. The van der Waals surface area contributed by atoms with Crippen LogP contribution in [0.4, 0.5) is 0 Å². The molecule has 6 heteroatoms. The summed E-state index contributed by atoms with van der Waals surface area (Å²) in [4.78, 5) is 23.2. The molecule has 0 saturated heterocycles. The average Bonchev–Trinajstić information content (AvgIpc) is 2.67. The molecule has 16 heavy (non-hydrogen) atoms. The van der Waals surface area contributed by atoms with Gasteiger partial charge in [-0.2, -0.15) is 4.57 Å². The van der Waals surface area contributed by atoms with E-state index in [1.807, 2.05) is 17.8 Å². The molecule has 2 rings (SSSR count). The molecule has 2 heterocycles. The predicted octanol–water partition coefficient (Wildman–Crippen LogP) is -1.30. The Bertz CT molecular complexity index is 648. The van der Waals surface area contributed by atoms with Crippen LogP contribution >= 0.6 is 0 Å². The van der Waals surface area contributed by atoms with E-state index in [4.69, 9.17) is 0 Å². The number of hydrogen-bond donors (Lipinski definition) is 0. The van der Waals surface area contributed by atoms with Crippen molar-refractivity contribution in [2.45, 2.75) is 0 Å². The Labute approximate surface area is 91.6 Å². The lowest BCUT2D eigenvalue weighted by atomic mass is 10.5. The zero-order valence-corrected chi connectivity index (χ0v) is 9.41. The highest BCUT2D eigenvalue weighted by Crippen LogP contribution is 1.98. The minimum atomic E-state index is -0.334. The lowest BCUT2D eigenvalue weighted by Gasteiger charge is -2.04. The second kappa shape index (κ2) is 3.48. The molecule has 0 aliphatic carbocycles. The maximum atomic E-state index is 11.7. The third-order valence-electron chi connectivity index (χ3n) is 2.53. The molecule has 0 bridgehead atoms. The molecule has 0 fully saturated rings. The van der Waals surface area contributed by atoms with Crippen LogP contribution in [0, 0.1) is 0 Å². The highest BCUT2D eigenvalue weighted by Gasteiger charge is 2.12. The van der Waals surface area contributed by atoms with E-state index < -0.39 is 0 Å². The van der Waals surface area contributed by atoms with E-state index in [0.717, 1.165) is 4.57 Å². The number of aromatic nitrogens is 4. The molecule has 0 aliphatic heterocycles. The second-order valence-corrected chi connectivity index (χ2v) is 3.73. The maximum absolute atomic E-state index is 11.7. The fourth-order valence-electron chi connectivity index (χ4n) is 1.55. The number of rotatable bonds is 1. The summed E-state index contributed by atoms with van der Waals surface area (Å²) in [5.74, 6) is 0.550. The van der Waals surface area contributed by atoms with Gasteiger partial charge in [-0.1, -0.05) is 0 Å². The first-order valence-corrected chi connectivity index (χ1v) is 4.81. The summed E-state index contributed by atoms with van der Waals surface area (Å²) in [6.45, 7) is 0. The van der Waals surface area contributed by atoms with Gasteiger partial charge in [0.15, 0.2) is 0 Å². The number of aryl methyl sites for hydroxylation is 1. The summed E-state index contributed by atoms with van der Waals surface area (Å²) in [7, 11) is 4.97. The van der Waals surface area contributed by atoms with Crippen LogP contribution in [0.5, 0.6) is 0 Å². The highest BCUT2D eigenvalue weighted by molar-refractivity contribution is 5.20. The Hall–Kier alpha value is -2.11. The van der Waals surface area contributed by atoms with Gasteiger partial charge in [0.1, 0.15) is 12.4 Å². The Morgan fingerprint density at radius 1 is 1.19 bits per heavy atom. The molecule has 0 N–H and O–H groups in total. The van der Waals surface area contributed by atoms with Crippen LogP contribution in [-0.2, 0) is 21.1 Å². The highest BCUT2D eigenvalue weighted by atomic mass is 16.2. The number of nitrogens with zero attached hydrogens (tertiary/aromatic N) is 4. The van der Waals surface area contributed by atoms with Crippen LogP contribution in [0.2, 0.25) is 0 Å². The summed E-state index contributed by atoms with van der Waals surface area (Å²) in [5.41, 5.74) is -0.645. The summed E-state index contributed by atoms with van der Waals surface area (Å²) in [6, 6.07) is 1.43. The Balaban J connectivity index is 2.77. The van der Waals surface area contributed by atoms with Gasteiger partial charge in [0.05, 0.1) is 13.1 Å². The first-order valence-electron chi connectivity index (χ1n) is 4.81. The van der Waals surface area contributed by atoms with Gasteiger partial charge in [-0.15, -0.1) is 0 Å². The number of imidazole rings is 1. The average molecular weight is 221 g/mol. The molecule has 0 aliphatic rings. The second-order valence-electron chi connectivity index (χ2n) is 3.73. The number of hydrogen-bond acceptors (Lipinski definition) is 2. The van der Waals surface area contributed by atoms with Gasteiger partial charge >= 0.3 is 5.69 Å². The van der Waals surface area contributed by atoms with Crippen LogP contribution in [-0.4, -0.2) is 13.7 Å². The van der Waals surface area contributed by atoms with Gasteiger partial charge in [0.25, 0.3) is 5.56 Å². The molecule has 6 nitrogen and oxygen atoms in total. The molecule has 0 saturated carbocycles. The van der Waals surface area contributed by atoms with Gasteiger partial charge < -0.3 is 0 Å². The monoisotopic (exact) mass is 221 g/mol. The molecule has 0 radical (unpaired) electrons. The molecule has 2 aromatic heterocycles. The molecule has 0 aromatic carbocycles. The van der Waals surface area contributed by atoms with Crippen molar-refractivity contribution in [3.8, 4) is 5.82 Å². The van der Waals surface area contributed by atoms with Gasteiger partial charge in [0.2, 0.25) is 12.1 Å². The van der Waals surface area contributed by atoms with E-state index in [-0.39, 0.29) is 11.2 Å². The molecule has 0 amide bonds. The molecule has 0 spiro atoms. The molecular formula is C10H13N4O2+. The van der Waals surface area contributed by atoms with Gasteiger partial charge in [-0.3, -0.25) is 13.9 Å². The van der Waals surface area contributed by atoms with Crippen molar-refractivity contribution in [1.29, 1.82) is 0 Å². The first kappa shape index (κ1) is 10.4. The van der Waals surface area contributed by atoms with Crippen molar-refractivity contribution in [1.82, 2.24) is 13.7 Å². The lowest BCUT2D eigenvalue weighted by Crippen LogP contribution is -2.38. The van der Waals surface area contributed by atoms with E-state index in [0.29, 0.717) is 5.82 Å². The zero-order chi connectivity index (χ0) is 11.9. The van der Waals surface area contributed by atoms with Crippen molar-refractivity contribution >= 4 is 0 Å². The molecule has 0 unspecified atom stereocenters.